The average Bonchev–Trinajstić information content (AvgIpc) is 2.86. The lowest BCUT2D eigenvalue weighted by molar-refractivity contribution is 0.0934. The highest BCUT2D eigenvalue weighted by atomic mass is 79.9. The highest BCUT2D eigenvalue weighted by molar-refractivity contribution is 9.09. The quantitative estimate of drug-likeness (QED) is 0.852. The minimum absolute atomic E-state index is 0.0935. The summed E-state index contributed by atoms with van der Waals surface area (Å²) in [6, 6.07) is 4.26. The van der Waals surface area contributed by atoms with Crippen molar-refractivity contribution in [2.75, 3.05) is 5.33 Å². The normalized spacial score (nSPS) is 24.6. The molecule has 2 nitrogen and oxygen atoms in total. The number of amides is 1. The van der Waals surface area contributed by atoms with Gasteiger partial charge in [0.15, 0.2) is 0 Å². The Morgan fingerprint density at radius 2 is 2.38 bits per heavy atom. The molecule has 0 aromatic carbocycles. The number of hydrogen-bond acceptors (Lipinski definition) is 2. The zero-order valence-electron chi connectivity index (χ0n) is 9.33. The largest absolute Gasteiger partial charge is 0.348 e. The predicted octanol–water partition coefficient (Wildman–Crippen LogP) is 3.35. The maximum atomic E-state index is 12.0. The van der Waals surface area contributed by atoms with Gasteiger partial charge in [0.05, 0.1) is 4.88 Å². The third-order valence-corrected chi connectivity index (χ3v) is 4.97. The second-order valence-electron chi connectivity index (χ2n) is 4.34. The highest BCUT2D eigenvalue weighted by Gasteiger charge is 2.27. The molecule has 88 valence electrons. The Morgan fingerprint density at radius 1 is 1.56 bits per heavy atom. The van der Waals surface area contributed by atoms with Crippen LogP contribution in [-0.2, 0) is 0 Å². The minimum Gasteiger partial charge on any atom is -0.348 e. The topological polar surface area (TPSA) is 29.1 Å². The van der Waals surface area contributed by atoms with E-state index in [2.05, 4.69) is 21.2 Å². The molecule has 1 N–H and O–H groups in total. The molecule has 1 aromatic rings. The van der Waals surface area contributed by atoms with Gasteiger partial charge in [0.1, 0.15) is 0 Å². The SMILES string of the molecule is Cc1ccc(C(=O)NC2CCCC2CBr)s1. The molecule has 1 aliphatic rings. The van der Waals surface area contributed by atoms with Crippen molar-refractivity contribution in [1.29, 1.82) is 0 Å². The summed E-state index contributed by atoms with van der Waals surface area (Å²) >= 11 is 5.08. The van der Waals surface area contributed by atoms with Crippen LogP contribution < -0.4 is 5.32 Å². The van der Waals surface area contributed by atoms with Crippen molar-refractivity contribution in [1.82, 2.24) is 5.32 Å². The molecular formula is C12H16BrNOS. The van der Waals surface area contributed by atoms with Gasteiger partial charge in [-0.2, -0.15) is 0 Å². The van der Waals surface area contributed by atoms with Gasteiger partial charge in [0.25, 0.3) is 5.91 Å². The Balaban J connectivity index is 1.97. The molecule has 0 bridgehead atoms. The number of rotatable bonds is 3. The van der Waals surface area contributed by atoms with Gasteiger partial charge >= 0.3 is 0 Å². The zero-order valence-corrected chi connectivity index (χ0v) is 11.7. The Labute approximate surface area is 109 Å². The summed E-state index contributed by atoms with van der Waals surface area (Å²) in [5.74, 6) is 0.695. The number of alkyl halides is 1. The summed E-state index contributed by atoms with van der Waals surface area (Å²) in [4.78, 5) is 14.0. The number of aryl methyl sites for hydroxylation is 1. The van der Waals surface area contributed by atoms with Gasteiger partial charge in [-0.05, 0) is 37.8 Å². The summed E-state index contributed by atoms with van der Waals surface area (Å²) < 4.78 is 0. The molecule has 1 heterocycles. The first-order valence-electron chi connectivity index (χ1n) is 5.64. The van der Waals surface area contributed by atoms with Gasteiger partial charge in [-0.15, -0.1) is 11.3 Å². The maximum absolute atomic E-state index is 12.0. The van der Waals surface area contributed by atoms with E-state index in [-0.39, 0.29) is 5.91 Å². The van der Waals surface area contributed by atoms with E-state index in [1.165, 1.54) is 17.7 Å². The lowest BCUT2D eigenvalue weighted by Gasteiger charge is -2.18. The van der Waals surface area contributed by atoms with E-state index in [1.54, 1.807) is 11.3 Å². The van der Waals surface area contributed by atoms with Crippen molar-refractivity contribution in [2.24, 2.45) is 5.92 Å². The monoisotopic (exact) mass is 301 g/mol. The molecule has 1 amide bonds. The molecule has 1 saturated carbocycles. The molecule has 4 heteroatoms. The fourth-order valence-electron chi connectivity index (χ4n) is 2.21. The molecule has 0 radical (unpaired) electrons. The van der Waals surface area contributed by atoms with Crippen molar-refractivity contribution in [3.05, 3.63) is 21.9 Å². The lowest BCUT2D eigenvalue weighted by Crippen LogP contribution is -2.37. The Hall–Kier alpha value is -0.350. The molecule has 1 aliphatic carbocycles. The molecule has 2 rings (SSSR count). The van der Waals surface area contributed by atoms with E-state index in [9.17, 15) is 4.79 Å². The van der Waals surface area contributed by atoms with Crippen molar-refractivity contribution in [3.8, 4) is 0 Å². The summed E-state index contributed by atoms with van der Waals surface area (Å²) in [5, 5.41) is 4.14. The fourth-order valence-corrected chi connectivity index (χ4v) is 3.75. The molecule has 0 saturated heterocycles. The summed E-state index contributed by atoms with van der Waals surface area (Å²) in [6.45, 7) is 2.03. The second kappa shape index (κ2) is 5.32. The van der Waals surface area contributed by atoms with E-state index in [0.29, 0.717) is 12.0 Å². The van der Waals surface area contributed by atoms with Crippen LogP contribution in [0.5, 0.6) is 0 Å². The number of hydrogen-bond donors (Lipinski definition) is 1. The highest BCUT2D eigenvalue weighted by Crippen LogP contribution is 2.27. The summed E-state index contributed by atoms with van der Waals surface area (Å²) in [5.41, 5.74) is 0. The van der Waals surface area contributed by atoms with E-state index in [4.69, 9.17) is 0 Å². The molecule has 0 aliphatic heterocycles. The van der Waals surface area contributed by atoms with Crippen LogP contribution in [0.2, 0.25) is 0 Å². The first-order valence-corrected chi connectivity index (χ1v) is 7.58. The number of halogens is 1. The van der Waals surface area contributed by atoms with Gasteiger partial charge in [0, 0.05) is 16.2 Å². The molecule has 2 unspecified atom stereocenters. The first kappa shape index (κ1) is 12.1. The maximum Gasteiger partial charge on any atom is 0.261 e. The van der Waals surface area contributed by atoms with Crippen molar-refractivity contribution >= 4 is 33.2 Å². The molecule has 16 heavy (non-hydrogen) atoms. The molecule has 1 fully saturated rings. The molecular weight excluding hydrogens is 286 g/mol. The number of thiophene rings is 1. The Bertz CT molecular complexity index is 377. The summed E-state index contributed by atoms with van der Waals surface area (Å²) in [7, 11) is 0. The van der Waals surface area contributed by atoms with Gasteiger partial charge in [-0.3, -0.25) is 4.79 Å². The standard InChI is InChI=1S/C12H16BrNOS/c1-8-5-6-11(16-8)12(15)14-10-4-2-3-9(10)7-13/h5-6,9-10H,2-4,7H2,1H3,(H,14,15). The van der Waals surface area contributed by atoms with Gasteiger partial charge in [0.2, 0.25) is 0 Å². The number of carbonyl (C=O) groups excluding carboxylic acids is 1. The van der Waals surface area contributed by atoms with Crippen LogP contribution >= 0.6 is 27.3 Å². The Kier molecular flexibility index (Phi) is 4.03. The third kappa shape index (κ3) is 2.66. The van der Waals surface area contributed by atoms with Crippen molar-refractivity contribution in [2.45, 2.75) is 32.2 Å². The average molecular weight is 302 g/mol. The first-order chi connectivity index (χ1) is 7.70. The van der Waals surface area contributed by atoms with E-state index in [1.807, 2.05) is 19.1 Å². The van der Waals surface area contributed by atoms with E-state index in [0.717, 1.165) is 16.6 Å². The van der Waals surface area contributed by atoms with E-state index < -0.39 is 0 Å². The Morgan fingerprint density at radius 3 is 3.00 bits per heavy atom. The van der Waals surface area contributed by atoms with Crippen LogP contribution in [0, 0.1) is 12.8 Å². The van der Waals surface area contributed by atoms with Gasteiger partial charge in [-0.1, -0.05) is 22.4 Å². The van der Waals surface area contributed by atoms with Crippen molar-refractivity contribution < 1.29 is 4.79 Å². The molecule has 1 aromatic heterocycles. The number of carbonyl (C=O) groups is 1. The van der Waals surface area contributed by atoms with Gasteiger partial charge in [-0.25, -0.2) is 0 Å². The van der Waals surface area contributed by atoms with E-state index >= 15 is 0 Å². The third-order valence-electron chi connectivity index (χ3n) is 3.14. The minimum atomic E-state index is 0.0935. The van der Waals surface area contributed by atoms with Gasteiger partial charge < -0.3 is 5.32 Å². The molecule has 0 spiro atoms. The van der Waals surface area contributed by atoms with Crippen LogP contribution in [0.4, 0.5) is 0 Å². The van der Waals surface area contributed by atoms with Crippen LogP contribution in [0.1, 0.15) is 33.8 Å². The van der Waals surface area contributed by atoms with Crippen molar-refractivity contribution in [3.63, 3.8) is 0 Å². The van der Waals surface area contributed by atoms with Crippen LogP contribution in [-0.4, -0.2) is 17.3 Å². The molecule has 2 atom stereocenters. The smallest absolute Gasteiger partial charge is 0.261 e. The number of nitrogens with one attached hydrogen (secondary N) is 1. The summed E-state index contributed by atoms with van der Waals surface area (Å²) in [6.07, 6.45) is 3.57. The zero-order chi connectivity index (χ0) is 11.5. The fraction of sp³-hybridized carbons (Fsp3) is 0.583. The predicted molar refractivity (Wildman–Crippen MR) is 71.4 cm³/mol. The van der Waals surface area contributed by atoms with Crippen LogP contribution in [0.3, 0.4) is 0 Å². The van der Waals surface area contributed by atoms with Crippen LogP contribution in [0.15, 0.2) is 12.1 Å². The second-order valence-corrected chi connectivity index (χ2v) is 6.27. The lowest BCUT2D eigenvalue weighted by atomic mass is 10.1. The van der Waals surface area contributed by atoms with Crippen LogP contribution in [0.25, 0.3) is 0 Å².